The Morgan fingerprint density at radius 2 is 1.77 bits per heavy atom. The molecule has 0 atom stereocenters. The van der Waals surface area contributed by atoms with Gasteiger partial charge in [0.05, 0.1) is 11.1 Å². The third-order valence-corrected chi connectivity index (χ3v) is 3.89. The van der Waals surface area contributed by atoms with E-state index in [1.807, 2.05) is 6.92 Å². The van der Waals surface area contributed by atoms with Gasteiger partial charge in [-0.25, -0.2) is 0 Å². The van der Waals surface area contributed by atoms with Crippen LogP contribution in [-0.4, -0.2) is 60.2 Å². The van der Waals surface area contributed by atoms with Crippen LogP contribution in [0.5, 0.6) is 0 Å². The third kappa shape index (κ3) is 2.84. The highest BCUT2D eigenvalue weighted by atomic mass is 35.5. The summed E-state index contributed by atoms with van der Waals surface area (Å²) in [6, 6.07) is 5.15. The summed E-state index contributed by atoms with van der Waals surface area (Å²) in [6.07, 6.45) is 0. The Hall–Kier alpha value is -1.92. The van der Waals surface area contributed by atoms with Gasteiger partial charge in [0, 0.05) is 26.2 Å². The van der Waals surface area contributed by atoms with Gasteiger partial charge in [-0.2, -0.15) is 0 Å². The first-order chi connectivity index (χ1) is 10.1. The van der Waals surface area contributed by atoms with Crippen LogP contribution < -0.4 is 5.32 Å². The molecule has 0 aliphatic carbocycles. The van der Waals surface area contributed by atoms with Crippen LogP contribution in [0, 0.1) is 6.92 Å². The molecule has 7 heteroatoms. The van der Waals surface area contributed by atoms with Crippen LogP contribution in [0.1, 0.15) is 26.3 Å². The van der Waals surface area contributed by atoms with Gasteiger partial charge in [-0.1, -0.05) is 11.6 Å². The minimum Gasteiger partial charge on any atom is -0.339 e. The molecule has 1 aromatic carbocycles. The SMILES string of the molecule is Cc1ccc2c(c1)C(=O)N(CC(=O)N1CCNCC1)C2=O.Cl. The predicted octanol–water partition coefficient (Wildman–Crippen LogP) is 0.445. The van der Waals surface area contributed by atoms with E-state index in [9.17, 15) is 14.4 Å². The zero-order chi connectivity index (χ0) is 15.0. The standard InChI is InChI=1S/C15H17N3O3.ClH/c1-10-2-3-11-12(8-10)15(21)18(14(11)20)9-13(19)17-6-4-16-5-7-17;/h2-3,8,16H,4-7,9H2,1H3;1H. The van der Waals surface area contributed by atoms with Crippen molar-refractivity contribution in [1.29, 1.82) is 0 Å². The second-order valence-electron chi connectivity index (χ2n) is 5.38. The first-order valence-electron chi connectivity index (χ1n) is 7.03. The van der Waals surface area contributed by atoms with Crippen LogP contribution in [0.25, 0.3) is 0 Å². The molecule has 1 fully saturated rings. The molecular formula is C15H18ClN3O3. The summed E-state index contributed by atoms with van der Waals surface area (Å²) in [5.41, 5.74) is 1.71. The van der Waals surface area contributed by atoms with E-state index in [2.05, 4.69) is 5.32 Å². The molecule has 3 amide bonds. The molecule has 1 N–H and O–H groups in total. The summed E-state index contributed by atoms with van der Waals surface area (Å²) in [5.74, 6) is -0.927. The number of carbonyl (C=O) groups is 3. The smallest absolute Gasteiger partial charge is 0.262 e. The number of piperazine rings is 1. The lowest BCUT2D eigenvalue weighted by Gasteiger charge is -2.28. The molecule has 118 valence electrons. The van der Waals surface area contributed by atoms with Gasteiger partial charge in [0.1, 0.15) is 6.54 Å². The van der Waals surface area contributed by atoms with Crippen molar-refractivity contribution in [3.8, 4) is 0 Å². The van der Waals surface area contributed by atoms with Crippen LogP contribution in [0.2, 0.25) is 0 Å². The first-order valence-corrected chi connectivity index (χ1v) is 7.03. The highest BCUT2D eigenvalue weighted by Crippen LogP contribution is 2.23. The molecular weight excluding hydrogens is 306 g/mol. The van der Waals surface area contributed by atoms with E-state index in [1.54, 1.807) is 23.1 Å². The van der Waals surface area contributed by atoms with Gasteiger partial charge in [-0.3, -0.25) is 19.3 Å². The van der Waals surface area contributed by atoms with E-state index in [4.69, 9.17) is 0 Å². The maximum Gasteiger partial charge on any atom is 0.262 e. The van der Waals surface area contributed by atoms with Crippen LogP contribution in [0.4, 0.5) is 0 Å². The van der Waals surface area contributed by atoms with Crippen LogP contribution >= 0.6 is 12.4 Å². The van der Waals surface area contributed by atoms with Crippen molar-refractivity contribution in [2.24, 2.45) is 0 Å². The summed E-state index contributed by atoms with van der Waals surface area (Å²) >= 11 is 0. The van der Waals surface area contributed by atoms with E-state index in [0.29, 0.717) is 24.2 Å². The van der Waals surface area contributed by atoms with Crippen LogP contribution in [0.15, 0.2) is 18.2 Å². The fraction of sp³-hybridized carbons (Fsp3) is 0.400. The van der Waals surface area contributed by atoms with Crippen LogP contribution in [-0.2, 0) is 4.79 Å². The number of hydrogen-bond donors (Lipinski definition) is 1. The number of nitrogens with one attached hydrogen (secondary N) is 1. The number of benzene rings is 1. The fourth-order valence-corrected chi connectivity index (χ4v) is 2.70. The van der Waals surface area contributed by atoms with E-state index in [-0.39, 0.29) is 36.7 Å². The number of fused-ring (bicyclic) bond motifs is 1. The number of hydrogen-bond acceptors (Lipinski definition) is 4. The monoisotopic (exact) mass is 323 g/mol. The summed E-state index contributed by atoms with van der Waals surface area (Å²) < 4.78 is 0. The Morgan fingerprint density at radius 3 is 2.45 bits per heavy atom. The number of amides is 3. The van der Waals surface area contributed by atoms with Crippen molar-refractivity contribution in [3.05, 3.63) is 34.9 Å². The van der Waals surface area contributed by atoms with Crippen molar-refractivity contribution >= 4 is 30.1 Å². The molecule has 0 bridgehead atoms. The minimum atomic E-state index is -0.376. The third-order valence-electron chi connectivity index (χ3n) is 3.89. The number of rotatable bonds is 2. The first kappa shape index (κ1) is 16.5. The lowest BCUT2D eigenvalue weighted by molar-refractivity contribution is -0.132. The number of carbonyl (C=O) groups excluding carboxylic acids is 3. The number of imide groups is 1. The second kappa shape index (κ2) is 6.46. The lowest BCUT2D eigenvalue weighted by atomic mass is 10.1. The summed E-state index contributed by atoms with van der Waals surface area (Å²) in [4.78, 5) is 39.5. The van der Waals surface area contributed by atoms with Gasteiger partial charge in [0.15, 0.2) is 0 Å². The summed E-state index contributed by atoms with van der Waals surface area (Å²) in [5, 5.41) is 3.16. The quantitative estimate of drug-likeness (QED) is 0.802. The Labute approximate surface area is 134 Å². The molecule has 6 nitrogen and oxygen atoms in total. The molecule has 0 unspecified atom stereocenters. The molecule has 1 saturated heterocycles. The molecule has 1 aromatic rings. The molecule has 2 aliphatic heterocycles. The van der Waals surface area contributed by atoms with E-state index in [0.717, 1.165) is 23.6 Å². The lowest BCUT2D eigenvalue weighted by Crippen LogP contribution is -2.50. The topological polar surface area (TPSA) is 69.7 Å². The molecule has 3 rings (SSSR count). The average molecular weight is 324 g/mol. The van der Waals surface area contributed by atoms with Gasteiger partial charge in [-0.05, 0) is 19.1 Å². The summed E-state index contributed by atoms with van der Waals surface area (Å²) in [6.45, 7) is 4.40. The fourth-order valence-electron chi connectivity index (χ4n) is 2.70. The Bertz CT molecular complexity index is 626. The Balaban J connectivity index is 0.00000176. The number of aryl methyl sites for hydroxylation is 1. The van der Waals surface area contributed by atoms with Crippen molar-refractivity contribution < 1.29 is 14.4 Å². The predicted molar refractivity (Wildman–Crippen MR) is 83.2 cm³/mol. The normalized spacial score (nSPS) is 17.3. The average Bonchev–Trinajstić information content (AvgIpc) is 2.73. The van der Waals surface area contributed by atoms with Gasteiger partial charge in [0.25, 0.3) is 11.8 Å². The highest BCUT2D eigenvalue weighted by molar-refractivity contribution is 6.22. The maximum atomic E-state index is 12.3. The molecule has 2 heterocycles. The van der Waals surface area contributed by atoms with Crippen molar-refractivity contribution in [2.45, 2.75) is 6.92 Å². The van der Waals surface area contributed by atoms with Gasteiger partial charge in [0.2, 0.25) is 5.91 Å². The largest absolute Gasteiger partial charge is 0.339 e. The van der Waals surface area contributed by atoms with E-state index >= 15 is 0 Å². The van der Waals surface area contributed by atoms with Gasteiger partial charge < -0.3 is 10.2 Å². The molecule has 0 aromatic heterocycles. The number of halogens is 1. The second-order valence-corrected chi connectivity index (χ2v) is 5.38. The Morgan fingerprint density at radius 1 is 1.14 bits per heavy atom. The van der Waals surface area contributed by atoms with Crippen molar-refractivity contribution in [3.63, 3.8) is 0 Å². The highest BCUT2D eigenvalue weighted by Gasteiger charge is 2.37. The van der Waals surface area contributed by atoms with Gasteiger partial charge >= 0.3 is 0 Å². The van der Waals surface area contributed by atoms with Crippen molar-refractivity contribution in [1.82, 2.24) is 15.1 Å². The zero-order valence-corrected chi connectivity index (χ0v) is 13.1. The van der Waals surface area contributed by atoms with E-state index < -0.39 is 0 Å². The Kier molecular flexibility index (Phi) is 4.83. The molecule has 0 saturated carbocycles. The molecule has 0 spiro atoms. The summed E-state index contributed by atoms with van der Waals surface area (Å²) in [7, 11) is 0. The molecule has 0 radical (unpaired) electrons. The van der Waals surface area contributed by atoms with Crippen LogP contribution in [0.3, 0.4) is 0 Å². The molecule has 2 aliphatic rings. The van der Waals surface area contributed by atoms with Crippen molar-refractivity contribution in [2.75, 3.05) is 32.7 Å². The number of nitrogens with zero attached hydrogens (tertiary/aromatic N) is 2. The zero-order valence-electron chi connectivity index (χ0n) is 12.3. The van der Waals surface area contributed by atoms with E-state index in [1.165, 1.54) is 0 Å². The molecule has 22 heavy (non-hydrogen) atoms. The maximum absolute atomic E-state index is 12.3. The van der Waals surface area contributed by atoms with Gasteiger partial charge in [-0.15, -0.1) is 12.4 Å². The minimum absolute atomic E-state index is 0.